The van der Waals surface area contributed by atoms with Gasteiger partial charge in [-0.05, 0) is 37.0 Å². The van der Waals surface area contributed by atoms with Gasteiger partial charge < -0.3 is 10.8 Å². The summed E-state index contributed by atoms with van der Waals surface area (Å²) in [5.41, 5.74) is 10.3. The zero-order valence-electron chi connectivity index (χ0n) is 8.38. The lowest BCUT2D eigenvalue weighted by molar-refractivity contribution is 0.472. The van der Waals surface area contributed by atoms with Crippen LogP contribution in [0.2, 0.25) is 0 Å². The lowest BCUT2D eigenvalue weighted by Crippen LogP contribution is -2.11. The highest BCUT2D eigenvalue weighted by atomic mass is 16.3. The molecule has 2 nitrogen and oxygen atoms in total. The van der Waals surface area contributed by atoms with Gasteiger partial charge in [0.15, 0.2) is 0 Å². The molecule has 0 heterocycles. The largest absolute Gasteiger partial charge is 0.507 e. The van der Waals surface area contributed by atoms with Crippen molar-refractivity contribution in [2.24, 2.45) is 5.73 Å². The standard InChI is InChI=1S/C12H15NO/c1-8-10(7-13)6-5-9-3-2-4-11(14)12(8)9/h2-4,14H,5-7,13H2,1H3. The van der Waals surface area contributed by atoms with Crippen LogP contribution in [0.25, 0.3) is 5.57 Å². The van der Waals surface area contributed by atoms with Crippen LogP contribution in [0.15, 0.2) is 23.8 Å². The number of allylic oxidation sites excluding steroid dienone is 1. The number of aryl methyl sites for hydroxylation is 1. The minimum Gasteiger partial charge on any atom is -0.507 e. The fourth-order valence-corrected chi connectivity index (χ4v) is 2.13. The predicted molar refractivity (Wildman–Crippen MR) is 58.1 cm³/mol. The summed E-state index contributed by atoms with van der Waals surface area (Å²) in [6.45, 7) is 2.64. The Labute approximate surface area is 84.1 Å². The molecule has 0 radical (unpaired) electrons. The zero-order chi connectivity index (χ0) is 10.1. The molecule has 2 heteroatoms. The van der Waals surface area contributed by atoms with Gasteiger partial charge in [-0.25, -0.2) is 0 Å². The number of aromatic hydroxyl groups is 1. The van der Waals surface area contributed by atoms with Crippen LogP contribution in [0.3, 0.4) is 0 Å². The van der Waals surface area contributed by atoms with Crippen LogP contribution < -0.4 is 5.73 Å². The summed E-state index contributed by atoms with van der Waals surface area (Å²) in [5.74, 6) is 0.380. The third-order valence-corrected chi connectivity index (χ3v) is 2.98. The van der Waals surface area contributed by atoms with E-state index in [1.807, 2.05) is 13.0 Å². The Morgan fingerprint density at radius 2 is 2.14 bits per heavy atom. The Morgan fingerprint density at radius 3 is 2.86 bits per heavy atom. The first kappa shape index (κ1) is 9.28. The number of rotatable bonds is 1. The van der Waals surface area contributed by atoms with E-state index in [1.54, 1.807) is 6.07 Å². The van der Waals surface area contributed by atoms with E-state index >= 15 is 0 Å². The lowest BCUT2D eigenvalue weighted by Gasteiger charge is -2.21. The van der Waals surface area contributed by atoms with Gasteiger partial charge in [0.05, 0.1) is 0 Å². The second kappa shape index (κ2) is 3.46. The summed E-state index contributed by atoms with van der Waals surface area (Å²) < 4.78 is 0. The quantitative estimate of drug-likeness (QED) is 0.710. The van der Waals surface area contributed by atoms with E-state index in [2.05, 4.69) is 6.07 Å². The van der Waals surface area contributed by atoms with Crippen LogP contribution in [-0.2, 0) is 6.42 Å². The van der Waals surface area contributed by atoms with Crippen molar-refractivity contribution in [3.05, 3.63) is 34.9 Å². The Balaban J connectivity index is 2.60. The average Bonchev–Trinajstić information content (AvgIpc) is 2.18. The molecule has 0 saturated carbocycles. The average molecular weight is 189 g/mol. The molecule has 0 bridgehead atoms. The maximum absolute atomic E-state index is 9.77. The highest BCUT2D eigenvalue weighted by Gasteiger charge is 2.17. The SMILES string of the molecule is CC1=C(CN)CCc2cccc(O)c21. The number of nitrogens with two attached hydrogens (primary N) is 1. The van der Waals surface area contributed by atoms with Crippen LogP contribution in [0.1, 0.15) is 24.5 Å². The summed E-state index contributed by atoms with van der Waals surface area (Å²) in [7, 11) is 0. The van der Waals surface area contributed by atoms with Crippen LogP contribution in [-0.4, -0.2) is 11.7 Å². The normalized spacial score (nSPS) is 15.6. The third-order valence-electron chi connectivity index (χ3n) is 2.98. The highest BCUT2D eigenvalue weighted by Crippen LogP contribution is 2.35. The summed E-state index contributed by atoms with van der Waals surface area (Å²) in [4.78, 5) is 0. The topological polar surface area (TPSA) is 46.2 Å². The molecule has 1 aliphatic rings. The summed E-state index contributed by atoms with van der Waals surface area (Å²) in [5, 5.41) is 9.77. The molecule has 74 valence electrons. The van der Waals surface area contributed by atoms with Crippen molar-refractivity contribution in [1.82, 2.24) is 0 Å². The second-order valence-corrected chi connectivity index (χ2v) is 3.74. The number of benzene rings is 1. The van der Waals surface area contributed by atoms with Gasteiger partial charge in [-0.1, -0.05) is 17.7 Å². The molecule has 0 saturated heterocycles. The summed E-state index contributed by atoms with van der Waals surface area (Å²) >= 11 is 0. The molecule has 3 N–H and O–H groups in total. The number of hydrogen-bond acceptors (Lipinski definition) is 2. The molecule has 0 aliphatic heterocycles. The van der Waals surface area contributed by atoms with Gasteiger partial charge >= 0.3 is 0 Å². The van der Waals surface area contributed by atoms with Crippen molar-refractivity contribution in [2.45, 2.75) is 19.8 Å². The molecule has 1 aromatic rings. The minimum atomic E-state index is 0.380. The van der Waals surface area contributed by atoms with Crippen LogP contribution in [0.4, 0.5) is 0 Å². The molecule has 1 aromatic carbocycles. The van der Waals surface area contributed by atoms with Crippen molar-refractivity contribution >= 4 is 5.57 Å². The number of phenols is 1. The first-order chi connectivity index (χ1) is 6.74. The van der Waals surface area contributed by atoms with Crippen molar-refractivity contribution in [2.75, 3.05) is 6.54 Å². The molecular weight excluding hydrogens is 174 g/mol. The lowest BCUT2D eigenvalue weighted by atomic mass is 9.86. The Morgan fingerprint density at radius 1 is 1.36 bits per heavy atom. The second-order valence-electron chi connectivity index (χ2n) is 3.74. The van der Waals surface area contributed by atoms with Crippen LogP contribution in [0, 0.1) is 0 Å². The summed E-state index contributed by atoms with van der Waals surface area (Å²) in [6.07, 6.45) is 2.02. The minimum absolute atomic E-state index is 0.380. The van der Waals surface area contributed by atoms with Gasteiger partial charge in [0.25, 0.3) is 0 Å². The van der Waals surface area contributed by atoms with Gasteiger partial charge in [-0.15, -0.1) is 0 Å². The number of phenolic OH excluding ortho intramolecular Hbond substituents is 1. The van der Waals surface area contributed by atoms with Crippen molar-refractivity contribution < 1.29 is 5.11 Å². The van der Waals surface area contributed by atoms with Crippen molar-refractivity contribution in [3.8, 4) is 5.75 Å². The zero-order valence-corrected chi connectivity index (χ0v) is 8.38. The molecule has 0 spiro atoms. The maximum Gasteiger partial charge on any atom is 0.123 e. The Hall–Kier alpha value is -1.28. The first-order valence-electron chi connectivity index (χ1n) is 4.94. The fourth-order valence-electron chi connectivity index (χ4n) is 2.13. The number of fused-ring (bicyclic) bond motifs is 1. The van der Waals surface area contributed by atoms with Gasteiger partial charge in [0, 0.05) is 12.1 Å². The van der Waals surface area contributed by atoms with Crippen LogP contribution >= 0.6 is 0 Å². The van der Waals surface area contributed by atoms with E-state index in [0.717, 1.165) is 24.0 Å². The Kier molecular flexibility index (Phi) is 2.30. The molecule has 0 fully saturated rings. The molecule has 0 atom stereocenters. The molecule has 0 amide bonds. The fraction of sp³-hybridized carbons (Fsp3) is 0.333. The molecule has 0 unspecified atom stereocenters. The molecular formula is C12H15NO. The van der Waals surface area contributed by atoms with Gasteiger partial charge in [0.2, 0.25) is 0 Å². The van der Waals surface area contributed by atoms with Gasteiger partial charge in [-0.3, -0.25) is 0 Å². The Bertz CT molecular complexity index is 393. The van der Waals surface area contributed by atoms with Gasteiger partial charge in [0.1, 0.15) is 5.75 Å². The molecule has 14 heavy (non-hydrogen) atoms. The third kappa shape index (κ3) is 1.32. The smallest absolute Gasteiger partial charge is 0.123 e. The monoisotopic (exact) mass is 189 g/mol. The summed E-state index contributed by atoms with van der Waals surface area (Å²) in [6, 6.07) is 5.71. The predicted octanol–water partition coefficient (Wildman–Crippen LogP) is 2.07. The van der Waals surface area contributed by atoms with Crippen LogP contribution in [0.5, 0.6) is 5.75 Å². The maximum atomic E-state index is 9.77. The molecule has 1 aliphatic carbocycles. The van der Waals surface area contributed by atoms with E-state index in [0.29, 0.717) is 12.3 Å². The van der Waals surface area contributed by atoms with E-state index < -0.39 is 0 Å². The molecule has 2 rings (SSSR count). The van der Waals surface area contributed by atoms with Crippen molar-refractivity contribution in [1.29, 1.82) is 0 Å². The van der Waals surface area contributed by atoms with E-state index in [4.69, 9.17) is 5.73 Å². The van der Waals surface area contributed by atoms with Crippen molar-refractivity contribution in [3.63, 3.8) is 0 Å². The van der Waals surface area contributed by atoms with Gasteiger partial charge in [-0.2, -0.15) is 0 Å². The highest BCUT2D eigenvalue weighted by molar-refractivity contribution is 5.75. The molecule has 0 aromatic heterocycles. The van der Waals surface area contributed by atoms with E-state index in [9.17, 15) is 5.11 Å². The number of hydrogen-bond donors (Lipinski definition) is 2. The van der Waals surface area contributed by atoms with E-state index in [1.165, 1.54) is 11.1 Å². The first-order valence-corrected chi connectivity index (χ1v) is 4.94. The van der Waals surface area contributed by atoms with E-state index in [-0.39, 0.29) is 0 Å².